The van der Waals surface area contributed by atoms with Gasteiger partial charge in [0.05, 0.1) is 16.9 Å². The van der Waals surface area contributed by atoms with E-state index in [0.717, 1.165) is 30.6 Å². The van der Waals surface area contributed by atoms with Crippen molar-refractivity contribution in [3.8, 4) is 11.5 Å². The highest BCUT2D eigenvalue weighted by atomic mass is 16.5. The van der Waals surface area contributed by atoms with Crippen LogP contribution >= 0.6 is 0 Å². The van der Waals surface area contributed by atoms with Gasteiger partial charge in [-0.15, -0.1) is 10.2 Å². The zero-order valence-electron chi connectivity index (χ0n) is 15.5. The van der Waals surface area contributed by atoms with E-state index < -0.39 is 5.97 Å². The molecule has 8 nitrogen and oxygen atoms in total. The van der Waals surface area contributed by atoms with Crippen molar-refractivity contribution in [1.82, 2.24) is 10.2 Å². The van der Waals surface area contributed by atoms with Crippen LogP contribution in [0.2, 0.25) is 0 Å². The molecule has 3 aromatic rings. The molecule has 1 atom stereocenters. The second-order valence-corrected chi connectivity index (χ2v) is 7.02. The van der Waals surface area contributed by atoms with Crippen LogP contribution in [0, 0.1) is 0 Å². The summed E-state index contributed by atoms with van der Waals surface area (Å²) in [5.41, 5.74) is 2.72. The number of ether oxygens (including phenoxy) is 1. The number of nitrogens with zero attached hydrogens (tertiary/aromatic N) is 3. The molecular weight excluding hydrogens is 372 g/mol. The van der Waals surface area contributed by atoms with Gasteiger partial charge in [0, 0.05) is 12.1 Å². The molecule has 2 aliphatic heterocycles. The lowest BCUT2D eigenvalue weighted by molar-refractivity contribution is -0.117. The van der Waals surface area contributed by atoms with E-state index >= 15 is 0 Å². The zero-order valence-corrected chi connectivity index (χ0v) is 15.5. The summed E-state index contributed by atoms with van der Waals surface area (Å²) < 4.78 is 10.9. The lowest BCUT2D eigenvalue weighted by Crippen LogP contribution is -2.43. The van der Waals surface area contributed by atoms with Crippen LogP contribution in [-0.2, 0) is 16.1 Å². The number of anilines is 2. The number of amides is 1. The Labute approximate surface area is 166 Å². The molecule has 0 aliphatic carbocycles. The number of benzene rings is 2. The Morgan fingerprint density at radius 1 is 1.21 bits per heavy atom. The summed E-state index contributed by atoms with van der Waals surface area (Å²) in [6.45, 7) is 0.714. The number of fused-ring (bicyclic) bond motifs is 3. The van der Waals surface area contributed by atoms with Crippen molar-refractivity contribution in [3.05, 3.63) is 60.0 Å². The maximum absolute atomic E-state index is 12.5. The van der Waals surface area contributed by atoms with E-state index in [2.05, 4.69) is 20.4 Å². The van der Waals surface area contributed by atoms with Crippen LogP contribution in [0.4, 0.5) is 11.4 Å². The minimum Gasteiger partial charge on any atom is -0.452 e. The first-order valence-electron chi connectivity index (χ1n) is 9.45. The number of hydrogen-bond acceptors (Lipinski definition) is 7. The Bertz CT molecular complexity index is 1080. The van der Waals surface area contributed by atoms with Crippen LogP contribution in [0.25, 0.3) is 11.5 Å². The van der Waals surface area contributed by atoms with Gasteiger partial charge in [-0.1, -0.05) is 18.2 Å². The maximum Gasteiger partial charge on any atom is 0.338 e. The third-order valence-electron chi connectivity index (χ3n) is 5.17. The van der Waals surface area contributed by atoms with Crippen molar-refractivity contribution in [2.24, 2.45) is 0 Å². The van der Waals surface area contributed by atoms with Crippen molar-refractivity contribution < 1.29 is 18.7 Å². The van der Waals surface area contributed by atoms with Crippen LogP contribution in [-0.4, -0.2) is 34.7 Å². The average Bonchev–Trinajstić information content (AvgIpc) is 3.43. The molecule has 29 heavy (non-hydrogen) atoms. The molecule has 3 heterocycles. The van der Waals surface area contributed by atoms with Crippen molar-refractivity contribution in [1.29, 1.82) is 0 Å². The van der Waals surface area contributed by atoms with Crippen LogP contribution in [0.5, 0.6) is 0 Å². The fourth-order valence-electron chi connectivity index (χ4n) is 3.78. The topological polar surface area (TPSA) is 97.6 Å². The quantitative estimate of drug-likeness (QED) is 0.684. The molecule has 1 fully saturated rings. The van der Waals surface area contributed by atoms with Gasteiger partial charge in [0.1, 0.15) is 6.04 Å². The normalized spacial score (nSPS) is 17.4. The van der Waals surface area contributed by atoms with E-state index in [1.54, 1.807) is 12.1 Å². The molecule has 1 aromatic heterocycles. The van der Waals surface area contributed by atoms with E-state index in [1.807, 2.05) is 36.4 Å². The average molecular weight is 390 g/mol. The fourth-order valence-corrected chi connectivity index (χ4v) is 3.78. The molecule has 1 amide bonds. The molecule has 1 saturated heterocycles. The van der Waals surface area contributed by atoms with Crippen molar-refractivity contribution in [2.45, 2.75) is 25.5 Å². The van der Waals surface area contributed by atoms with Crippen molar-refractivity contribution in [3.63, 3.8) is 0 Å². The van der Waals surface area contributed by atoms with Crippen molar-refractivity contribution in [2.75, 3.05) is 16.8 Å². The zero-order chi connectivity index (χ0) is 19.8. The van der Waals surface area contributed by atoms with Gasteiger partial charge in [-0.3, -0.25) is 4.79 Å². The number of aromatic nitrogens is 2. The van der Waals surface area contributed by atoms with Gasteiger partial charge in [-0.25, -0.2) is 4.79 Å². The van der Waals surface area contributed by atoms with E-state index in [-0.39, 0.29) is 24.4 Å². The van der Waals surface area contributed by atoms with Crippen LogP contribution in [0.15, 0.2) is 52.9 Å². The van der Waals surface area contributed by atoms with Gasteiger partial charge in [0.15, 0.2) is 6.61 Å². The summed E-state index contributed by atoms with van der Waals surface area (Å²) in [5.74, 6) is 0.0292. The molecule has 0 saturated carbocycles. The van der Waals surface area contributed by atoms with Crippen LogP contribution < -0.4 is 10.2 Å². The lowest BCUT2D eigenvalue weighted by Gasteiger charge is -2.33. The first-order chi connectivity index (χ1) is 14.2. The summed E-state index contributed by atoms with van der Waals surface area (Å²) in [7, 11) is 0. The summed E-state index contributed by atoms with van der Waals surface area (Å²) in [6.07, 6.45) is 1.83. The van der Waals surface area contributed by atoms with Gasteiger partial charge in [0.25, 0.3) is 5.89 Å². The highest BCUT2D eigenvalue weighted by Gasteiger charge is 2.36. The highest BCUT2D eigenvalue weighted by Crippen LogP contribution is 2.37. The first-order valence-corrected chi connectivity index (χ1v) is 9.45. The number of esters is 1. The van der Waals surface area contributed by atoms with Gasteiger partial charge in [-0.05, 0) is 43.2 Å². The predicted molar refractivity (Wildman–Crippen MR) is 104 cm³/mol. The Hall–Kier alpha value is -3.68. The SMILES string of the molecule is O=C(OCc1nnc(-c2ccccc2)o1)c1ccc2c(c1)NC(=O)[C@H]1CCCN21. The summed E-state index contributed by atoms with van der Waals surface area (Å²) in [6, 6.07) is 14.4. The second-order valence-electron chi connectivity index (χ2n) is 7.02. The largest absolute Gasteiger partial charge is 0.452 e. The minimum absolute atomic E-state index is 0.0279. The Kier molecular flexibility index (Phi) is 4.23. The third kappa shape index (κ3) is 3.22. The maximum atomic E-state index is 12.5. The van der Waals surface area contributed by atoms with Gasteiger partial charge in [0.2, 0.25) is 11.8 Å². The van der Waals surface area contributed by atoms with Crippen molar-refractivity contribution >= 4 is 23.3 Å². The molecule has 1 N–H and O–H groups in total. The van der Waals surface area contributed by atoms with Gasteiger partial charge in [-0.2, -0.15) is 0 Å². The molecule has 8 heteroatoms. The summed E-state index contributed by atoms with van der Waals surface area (Å²) >= 11 is 0. The molecule has 2 aliphatic rings. The standard InChI is InChI=1S/C21H18N4O4/c26-19-17-7-4-10-25(17)16-9-8-14(11-15(16)22-19)21(27)28-12-18-23-24-20(29-18)13-5-2-1-3-6-13/h1-3,5-6,8-9,11,17H,4,7,10,12H2,(H,22,26)/t17-/m1/s1. The molecule has 2 aromatic carbocycles. The molecular formula is C21H18N4O4. The summed E-state index contributed by atoms with van der Waals surface area (Å²) in [5, 5.41) is 10.8. The summed E-state index contributed by atoms with van der Waals surface area (Å²) in [4.78, 5) is 26.8. The molecule has 5 rings (SSSR count). The fraction of sp³-hybridized carbons (Fsp3) is 0.238. The molecule has 0 spiro atoms. The Morgan fingerprint density at radius 2 is 2.07 bits per heavy atom. The van der Waals surface area contributed by atoms with Gasteiger partial charge < -0.3 is 19.4 Å². The van der Waals surface area contributed by atoms with Crippen LogP contribution in [0.3, 0.4) is 0 Å². The molecule has 0 unspecified atom stereocenters. The first kappa shape index (κ1) is 17.4. The minimum atomic E-state index is -0.523. The molecule has 0 radical (unpaired) electrons. The van der Waals surface area contributed by atoms with E-state index in [9.17, 15) is 9.59 Å². The highest BCUT2D eigenvalue weighted by molar-refractivity contribution is 6.05. The van der Waals surface area contributed by atoms with Crippen LogP contribution in [0.1, 0.15) is 29.1 Å². The Morgan fingerprint density at radius 3 is 2.93 bits per heavy atom. The number of hydrogen-bond donors (Lipinski definition) is 1. The third-order valence-corrected chi connectivity index (χ3v) is 5.17. The lowest BCUT2D eigenvalue weighted by atomic mass is 10.1. The monoisotopic (exact) mass is 390 g/mol. The van der Waals surface area contributed by atoms with E-state index in [0.29, 0.717) is 17.1 Å². The van der Waals surface area contributed by atoms with Gasteiger partial charge >= 0.3 is 5.97 Å². The van der Waals surface area contributed by atoms with E-state index in [4.69, 9.17) is 9.15 Å². The number of nitrogens with one attached hydrogen (secondary N) is 1. The number of carbonyl (C=O) groups excluding carboxylic acids is 2. The predicted octanol–water partition coefficient (Wildman–Crippen LogP) is 3.01. The number of carbonyl (C=O) groups is 2. The van der Waals surface area contributed by atoms with E-state index in [1.165, 1.54) is 0 Å². The molecule has 0 bridgehead atoms. The Balaban J connectivity index is 1.28. The number of rotatable bonds is 4. The second kappa shape index (κ2) is 7.05. The molecule has 146 valence electrons. The smallest absolute Gasteiger partial charge is 0.338 e.